The fourth-order valence-corrected chi connectivity index (χ4v) is 3.76. The third kappa shape index (κ3) is 4.40. The van der Waals surface area contributed by atoms with Gasteiger partial charge in [-0.05, 0) is 42.9 Å². The molecule has 1 fully saturated rings. The number of carbonyl (C=O) groups is 2. The molecule has 2 aliphatic heterocycles. The molecule has 5 nitrogen and oxygen atoms in total. The summed E-state index contributed by atoms with van der Waals surface area (Å²) in [7, 11) is 0. The quantitative estimate of drug-likeness (QED) is 0.475. The van der Waals surface area contributed by atoms with Gasteiger partial charge < -0.3 is 9.64 Å². The Labute approximate surface area is 168 Å². The fraction of sp³-hybridized carbons (Fsp3) is 0.565. The van der Waals surface area contributed by atoms with E-state index in [0.29, 0.717) is 30.3 Å². The zero-order valence-corrected chi connectivity index (χ0v) is 17.4. The van der Waals surface area contributed by atoms with Crippen molar-refractivity contribution in [1.29, 1.82) is 0 Å². The average molecular weight is 385 g/mol. The van der Waals surface area contributed by atoms with Gasteiger partial charge in [0.05, 0.1) is 12.2 Å². The van der Waals surface area contributed by atoms with E-state index in [1.165, 1.54) is 4.90 Å². The van der Waals surface area contributed by atoms with Crippen molar-refractivity contribution < 1.29 is 14.3 Å². The molecule has 0 spiro atoms. The molecule has 0 unspecified atom stereocenters. The molecule has 0 bridgehead atoms. The lowest BCUT2D eigenvalue weighted by Gasteiger charge is -2.20. The van der Waals surface area contributed by atoms with Crippen LogP contribution in [0.4, 0.5) is 0 Å². The van der Waals surface area contributed by atoms with Crippen LogP contribution in [0.3, 0.4) is 0 Å². The second kappa shape index (κ2) is 9.26. The van der Waals surface area contributed by atoms with Crippen molar-refractivity contribution >= 4 is 17.4 Å². The third-order valence-electron chi connectivity index (χ3n) is 5.28. The Morgan fingerprint density at radius 2 is 1.68 bits per heavy atom. The summed E-state index contributed by atoms with van der Waals surface area (Å²) in [5.74, 6) is 0.962. The van der Waals surface area contributed by atoms with E-state index < -0.39 is 0 Å². The maximum atomic E-state index is 13.2. The Balaban J connectivity index is 1.87. The van der Waals surface area contributed by atoms with Gasteiger partial charge >= 0.3 is 0 Å². The van der Waals surface area contributed by atoms with Gasteiger partial charge in [0.25, 0.3) is 11.8 Å². The number of hydrogen-bond acceptors (Lipinski definition) is 4. The number of imide groups is 1. The normalized spacial score (nSPS) is 17.4. The molecule has 3 rings (SSSR count). The van der Waals surface area contributed by atoms with Crippen LogP contribution in [0.25, 0.3) is 5.57 Å². The number of unbranched alkanes of at least 4 members (excludes halogenated alkanes) is 2. The molecule has 0 radical (unpaired) electrons. The molecule has 2 aliphatic rings. The van der Waals surface area contributed by atoms with Crippen LogP contribution < -0.4 is 4.74 Å². The van der Waals surface area contributed by atoms with E-state index in [2.05, 4.69) is 25.7 Å². The zero-order chi connectivity index (χ0) is 20.1. The predicted octanol–water partition coefficient (Wildman–Crippen LogP) is 4.09. The second-order valence-electron chi connectivity index (χ2n) is 8.12. The van der Waals surface area contributed by atoms with Gasteiger partial charge in [0, 0.05) is 19.6 Å². The van der Waals surface area contributed by atoms with Crippen LogP contribution in [0, 0.1) is 5.92 Å². The highest BCUT2D eigenvalue weighted by atomic mass is 16.5. The summed E-state index contributed by atoms with van der Waals surface area (Å²) in [5, 5.41) is 0. The molecule has 5 heteroatoms. The van der Waals surface area contributed by atoms with Gasteiger partial charge in [0.2, 0.25) is 0 Å². The lowest BCUT2D eigenvalue weighted by molar-refractivity contribution is -0.137. The molecule has 2 heterocycles. The van der Waals surface area contributed by atoms with Gasteiger partial charge in [-0.2, -0.15) is 0 Å². The molecule has 0 atom stereocenters. The van der Waals surface area contributed by atoms with Crippen molar-refractivity contribution in [2.24, 2.45) is 5.92 Å². The van der Waals surface area contributed by atoms with Crippen LogP contribution in [-0.4, -0.2) is 47.9 Å². The van der Waals surface area contributed by atoms with Crippen LogP contribution in [0.2, 0.25) is 0 Å². The molecule has 0 aliphatic carbocycles. The molecule has 0 saturated carbocycles. The summed E-state index contributed by atoms with van der Waals surface area (Å²) in [6.07, 6.45) is 5.07. The molecule has 0 aromatic heterocycles. The smallest absolute Gasteiger partial charge is 0.277 e. The highest BCUT2D eigenvalue weighted by Gasteiger charge is 2.41. The number of nitrogens with zero attached hydrogens (tertiary/aromatic N) is 2. The fourth-order valence-electron chi connectivity index (χ4n) is 3.76. The minimum atomic E-state index is -0.154. The molecular formula is C23H32N2O3. The summed E-state index contributed by atoms with van der Waals surface area (Å²) < 4.78 is 5.76. The van der Waals surface area contributed by atoms with Crippen LogP contribution in [0.15, 0.2) is 30.0 Å². The Hall–Kier alpha value is -2.30. The van der Waals surface area contributed by atoms with Gasteiger partial charge in [0.15, 0.2) is 0 Å². The van der Waals surface area contributed by atoms with Crippen molar-refractivity contribution in [1.82, 2.24) is 9.80 Å². The topological polar surface area (TPSA) is 49.9 Å². The highest BCUT2D eigenvalue weighted by molar-refractivity contribution is 6.35. The van der Waals surface area contributed by atoms with Gasteiger partial charge in [0.1, 0.15) is 11.4 Å². The van der Waals surface area contributed by atoms with Crippen molar-refractivity contribution in [2.75, 3.05) is 26.2 Å². The average Bonchev–Trinajstić information content (AvgIpc) is 3.29. The summed E-state index contributed by atoms with van der Waals surface area (Å²) >= 11 is 0. The molecule has 0 N–H and O–H groups in total. The van der Waals surface area contributed by atoms with Crippen molar-refractivity contribution in [3.05, 3.63) is 35.5 Å². The minimum Gasteiger partial charge on any atom is -0.493 e. The maximum absolute atomic E-state index is 13.2. The minimum absolute atomic E-state index is 0.127. The summed E-state index contributed by atoms with van der Waals surface area (Å²) in [6, 6.07) is 7.59. The van der Waals surface area contributed by atoms with E-state index in [1.54, 1.807) is 0 Å². The number of benzene rings is 1. The molecular weight excluding hydrogens is 352 g/mol. The molecule has 2 amide bonds. The lowest BCUT2D eigenvalue weighted by Crippen LogP contribution is -2.35. The van der Waals surface area contributed by atoms with Crippen molar-refractivity contribution in [3.8, 4) is 5.75 Å². The molecule has 1 saturated heterocycles. The van der Waals surface area contributed by atoms with E-state index >= 15 is 0 Å². The number of carbonyl (C=O) groups excluding carboxylic acids is 2. The maximum Gasteiger partial charge on any atom is 0.277 e. The zero-order valence-electron chi connectivity index (χ0n) is 17.4. The number of likely N-dealkylation sites (tertiary alicyclic amines) is 1. The largest absolute Gasteiger partial charge is 0.493 e. The molecule has 1 aromatic carbocycles. The summed E-state index contributed by atoms with van der Waals surface area (Å²) in [5.41, 5.74) is 1.95. The Bertz CT molecular complexity index is 731. The monoisotopic (exact) mass is 384 g/mol. The van der Waals surface area contributed by atoms with Crippen LogP contribution in [0.5, 0.6) is 5.75 Å². The first-order valence-corrected chi connectivity index (χ1v) is 10.6. The highest BCUT2D eigenvalue weighted by Crippen LogP contribution is 2.34. The third-order valence-corrected chi connectivity index (χ3v) is 5.28. The van der Waals surface area contributed by atoms with Crippen molar-refractivity contribution in [3.63, 3.8) is 0 Å². The SMILES string of the molecule is CCCCCN1C(=O)C(c2ccc(OCC(C)C)cc2)=C(N2CCCC2)C1=O. The van der Waals surface area contributed by atoms with Crippen LogP contribution >= 0.6 is 0 Å². The first kappa shape index (κ1) is 20.4. The Kier molecular flexibility index (Phi) is 6.76. The van der Waals surface area contributed by atoms with Gasteiger partial charge in [-0.25, -0.2) is 0 Å². The number of hydrogen-bond donors (Lipinski definition) is 0. The standard InChI is InChI=1S/C23H32N2O3/c1-4-5-6-15-25-22(26)20(21(23(25)27)24-13-7-8-14-24)18-9-11-19(12-10-18)28-16-17(2)3/h9-12,17H,4-8,13-16H2,1-3H3. The first-order chi connectivity index (χ1) is 13.5. The van der Waals surface area contributed by atoms with Crippen molar-refractivity contribution in [2.45, 2.75) is 52.9 Å². The Morgan fingerprint density at radius 3 is 2.29 bits per heavy atom. The second-order valence-corrected chi connectivity index (χ2v) is 8.12. The summed E-state index contributed by atoms with van der Waals surface area (Å²) in [6.45, 7) is 9.18. The number of rotatable bonds is 9. The van der Waals surface area contributed by atoms with Crippen LogP contribution in [0.1, 0.15) is 58.4 Å². The predicted molar refractivity (Wildman–Crippen MR) is 111 cm³/mol. The first-order valence-electron chi connectivity index (χ1n) is 10.6. The van der Waals surface area contributed by atoms with Crippen LogP contribution in [-0.2, 0) is 9.59 Å². The van der Waals surface area contributed by atoms with E-state index in [-0.39, 0.29) is 11.8 Å². The molecule has 1 aromatic rings. The van der Waals surface area contributed by atoms with E-state index in [0.717, 1.165) is 56.5 Å². The Morgan fingerprint density at radius 1 is 1.00 bits per heavy atom. The molecule has 28 heavy (non-hydrogen) atoms. The van der Waals surface area contributed by atoms with E-state index in [4.69, 9.17) is 4.74 Å². The molecule has 152 valence electrons. The van der Waals surface area contributed by atoms with E-state index in [1.807, 2.05) is 24.3 Å². The van der Waals surface area contributed by atoms with Gasteiger partial charge in [-0.3, -0.25) is 14.5 Å². The van der Waals surface area contributed by atoms with Gasteiger partial charge in [-0.1, -0.05) is 45.7 Å². The van der Waals surface area contributed by atoms with Gasteiger partial charge in [-0.15, -0.1) is 0 Å². The summed E-state index contributed by atoms with van der Waals surface area (Å²) in [4.78, 5) is 29.8. The van der Waals surface area contributed by atoms with E-state index in [9.17, 15) is 9.59 Å². The number of ether oxygens (including phenoxy) is 1. The number of amides is 2. The lowest BCUT2D eigenvalue weighted by atomic mass is 10.0.